The zero-order valence-electron chi connectivity index (χ0n) is 8.07. The summed E-state index contributed by atoms with van der Waals surface area (Å²) in [5.41, 5.74) is -1.02. The molecule has 0 unspecified atom stereocenters. The Morgan fingerprint density at radius 1 is 1.31 bits per heavy atom. The predicted molar refractivity (Wildman–Crippen MR) is 46.6 cm³/mol. The Labute approximate surface area is 77.0 Å². The lowest BCUT2D eigenvalue weighted by molar-refractivity contribution is -0.149. The van der Waals surface area contributed by atoms with Gasteiger partial charge in [0.25, 0.3) is 0 Å². The fourth-order valence-corrected chi connectivity index (χ4v) is 0.706. The Bertz CT molecular complexity index is 212. The van der Waals surface area contributed by atoms with Crippen molar-refractivity contribution in [3.05, 3.63) is 0 Å². The molecule has 0 saturated carbocycles. The molecule has 0 heterocycles. The third kappa shape index (κ3) is 3.42. The van der Waals surface area contributed by atoms with Crippen LogP contribution in [0.3, 0.4) is 0 Å². The van der Waals surface area contributed by atoms with Crippen LogP contribution in [-0.4, -0.2) is 46.2 Å². The first-order valence-corrected chi connectivity index (χ1v) is 3.95. The highest BCUT2D eigenvalue weighted by atomic mass is 16.4. The van der Waals surface area contributed by atoms with Gasteiger partial charge in [-0.1, -0.05) is 0 Å². The molecule has 2 N–H and O–H groups in total. The second-order valence-electron chi connectivity index (χ2n) is 3.43. The maximum atomic E-state index is 10.7. The van der Waals surface area contributed by atoms with Crippen LogP contribution in [-0.2, 0) is 9.59 Å². The van der Waals surface area contributed by atoms with E-state index in [-0.39, 0.29) is 13.0 Å². The van der Waals surface area contributed by atoms with E-state index in [1.54, 1.807) is 7.05 Å². The molecule has 0 amide bonds. The summed E-state index contributed by atoms with van der Waals surface area (Å²) in [6.45, 7) is 3.31. The topological polar surface area (TPSA) is 77.8 Å². The predicted octanol–water partition coefficient (Wildman–Crippen LogP) is 0.256. The van der Waals surface area contributed by atoms with Crippen LogP contribution >= 0.6 is 0 Å². The van der Waals surface area contributed by atoms with Crippen molar-refractivity contribution in [3.63, 3.8) is 0 Å². The van der Waals surface area contributed by atoms with Crippen molar-refractivity contribution < 1.29 is 19.8 Å². The summed E-state index contributed by atoms with van der Waals surface area (Å²) in [7, 11) is 1.59. The molecule has 0 fully saturated rings. The Morgan fingerprint density at radius 2 is 1.77 bits per heavy atom. The Hall–Kier alpha value is -1.10. The van der Waals surface area contributed by atoms with Crippen LogP contribution < -0.4 is 0 Å². The van der Waals surface area contributed by atoms with Crippen LogP contribution in [0.25, 0.3) is 0 Å². The van der Waals surface area contributed by atoms with Gasteiger partial charge < -0.3 is 10.2 Å². The molecule has 0 spiro atoms. The van der Waals surface area contributed by atoms with Crippen molar-refractivity contribution >= 4 is 11.9 Å². The summed E-state index contributed by atoms with van der Waals surface area (Å²) in [4.78, 5) is 22.4. The molecule has 0 aliphatic heterocycles. The smallest absolute Gasteiger partial charge is 0.323 e. The molecule has 0 aliphatic carbocycles. The van der Waals surface area contributed by atoms with E-state index < -0.39 is 17.5 Å². The van der Waals surface area contributed by atoms with Crippen molar-refractivity contribution in [2.45, 2.75) is 25.8 Å². The molecule has 0 saturated heterocycles. The van der Waals surface area contributed by atoms with Crippen LogP contribution in [0, 0.1) is 0 Å². The van der Waals surface area contributed by atoms with Crippen molar-refractivity contribution in [1.29, 1.82) is 0 Å². The van der Waals surface area contributed by atoms with Crippen LogP contribution in [0.1, 0.15) is 20.3 Å². The lowest BCUT2D eigenvalue weighted by Gasteiger charge is -2.30. The highest BCUT2D eigenvalue weighted by Gasteiger charge is 2.31. The molecule has 0 aromatic rings. The molecule has 0 bridgehead atoms. The molecule has 0 aromatic carbocycles. The van der Waals surface area contributed by atoms with E-state index in [4.69, 9.17) is 10.2 Å². The van der Waals surface area contributed by atoms with Gasteiger partial charge in [-0.05, 0) is 20.9 Å². The summed E-state index contributed by atoms with van der Waals surface area (Å²) in [5, 5.41) is 17.2. The molecular formula is C8H15NO4. The van der Waals surface area contributed by atoms with Gasteiger partial charge in [0.05, 0.1) is 6.42 Å². The number of carboxylic acids is 2. The van der Waals surface area contributed by atoms with Crippen LogP contribution in [0.2, 0.25) is 0 Å². The molecule has 0 aliphatic rings. The lowest BCUT2D eigenvalue weighted by Crippen LogP contribution is -2.48. The maximum Gasteiger partial charge on any atom is 0.323 e. The molecular weight excluding hydrogens is 174 g/mol. The summed E-state index contributed by atoms with van der Waals surface area (Å²) < 4.78 is 0. The molecule has 13 heavy (non-hydrogen) atoms. The van der Waals surface area contributed by atoms with Crippen LogP contribution in [0.15, 0.2) is 0 Å². The molecule has 0 aromatic heterocycles. The zero-order chi connectivity index (χ0) is 10.6. The fraction of sp³-hybridized carbons (Fsp3) is 0.750. The Morgan fingerprint density at radius 3 is 2.08 bits per heavy atom. The van der Waals surface area contributed by atoms with Crippen molar-refractivity contribution in [3.8, 4) is 0 Å². The highest BCUT2D eigenvalue weighted by Crippen LogP contribution is 2.12. The Kier molecular flexibility index (Phi) is 3.87. The fourth-order valence-electron chi connectivity index (χ4n) is 0.706. The van der Waals surface area contributed by atoms with E-state index in [0.29, 0.717) is 0 Å². The van der Waals surface area contributed by atoms with Crippen molar-refractivity contribution in [2.75, 3.05) is 13.6 Å². The SMILES string of the molecule is CN(CCC(=O)O)C(C)(C)C(=O)O. The molecule has 0 atom stereocenters. The van der Waals surface area contributed by atoms with Gasteiger partial charge in [0, 0.05) is 6.54 Å². The van der Waals surface area contributed by atoms with E-state index in [0.717, 1.165) is 0 Å². The zero-order valence-corrected chi connectivity index (χ0v) is 8.07. The first-order chi connectivity index (χ1) is 5.78. The summed E-state index contributed by atoms with van der Waals surface area (Å²) in [5.74, 6) is -1.88. The molecule has 0 rings (SSSR count). The maximum absolute atomic E-state index is 10.7. The molecule has 5 heteroatoms. The van der Waals surface area contributed by atoms with Gasteiger partial charge in [-0.3, -0.25) is 14.5 Å². The van der Waals surface area contributed by atoms with E-state index in [9.17, 15) is 9.59 Å². The minimum atomic E-state index is -1.02. The monoisotopic (exact) mass is 189 g/mol. The lowest BCUT2D eigenvalue weighted by atomic mass is 10.0. The first kappa shape index (κ1) is 11.9. The quantitative estimate of drug-likeness (QED) is 0.648. The largest absolute Gasteiger partial charge is 0.481 e. The van der Waals surface area contributed by atoms with E-state index >= 15 is 0 Å². The van der Waals surface area contributed by atoms with Gasteiger partial charge in [-0.2, -0.15) is 0 Å². The number of hydrogen-bond donors (Lipinski definition) is 2. The number of rotatable bonds is 5. The third-order valence-corrected chi connectivity index (χ3v) is 2.14. The second kappa shape index (κ2) is 4.23. The van der Waals surface area contributed by atoms with Gasteiger partial charge in [0.2, 0.25) is 0 Å². The van der Waals surface area contributed by atoms with E-state index in [2.05, 4.69) is 0 Å². The second-order valence-corrected chi connectivity index (χ2v) is 3.43. The molecule has 0 radical (unpaired) electrons. The normalized spacial score (nSPS) is 11.7. The summed E-state index contributed by atoms with van der Waals surface area (Å²) >= 11 is 0. The minimum Gasteiger partial charge on any atom is -0.481 e. The van der Waals surface area contributed by atoms with Crippen LogP contribution in [0.4, 0.5) is 0 Å². The van der Waals surface area contributed by atoms with Crippen LogP contribution in [0.5, 0.6) is 0 Å². The summed E-state index contributed by atoms with van der Waals surface area (Å²) in [6, 6.07) is 0. The van der Waals surface area contributed by atoms with Gasteiger partial charge >= 0.3 is 11.9 Å². The number of nitrogens with zero attached hydrogens (tertiary/aromatic N) is 1. The standard InChI is InChI=1S/C8H15NO4/c1-8(2,7(12)13)9(3)5-4-6(10)11/h4-5H2,1-3H3,(H,10,11)(H,12,13). The van der Waals surface area contributed by atoms with Gasteiger partial charge in [0.1, 0.15) is 5.54 Å². The van der Waals surface area contributed by atoms with E-state index in [1.807, 2.05) is 0 Å². The summed E-state index contributed by atoms with van der Waals surface area (Å²) in [6.07, 6.45) is -0.0484. The third-order valence-electron chi connectivity index (χ3n) is 2.14. The van der Waals surface area contributed by atoms with Gasteiger partial charge in [-0.15, -0.1) is 0 Å². The van der Waals surface area contributed by atoms with Crippen molar-refractivity contribution in [2.24, 2.45) is 0 Å². The number of carboxylic acid groups (broad SMARTS) is 2. The average molecular weight is 189 g/mol. The first-order valence-electron chi connectivity index (χ1n) is 3.95. The molecule has 76 valence electrons. The number of carbonyl (C=O) groups is 2. The number of aliphatic carboxylic acids is 2. The average Bonchev–Trinajstić information content (AvgIpc) is 1.99. The van der Waals surface area contributed by atoms with Gasteiger partial charge in [-0.25, -0.2) is 0 Å². The van der Waals surface area contributed by atoms with E-state index in [1.165, 1.54) is 18.7 Å². The highest BCUT2D eigenvalue weighted by molar-refractivity contribution is 5.77. The Balaban J connectivity index is 4.17. The number of hydrogen-bond acceptors (Lipinski definition) is 3. The van der Waals surface area contributed by atoms with Crippen molar-refractivity contribution in [1.82, 2.24) is 4.90 Å². The number of likely N-dealkylation sites (N-methyl/N-ethyl adjacent to an activating group) is 1. The molecule has 5 nitrogen and oxygen atoms in total. The minimum absolute atomic E-state index is 0.0484. The van der Waals surface area contributed by atoms with Gasteiger partial charge in [0.15, 0.2) is 0 Å².